The van der Waals surface area contributed by atoms with Crippen LogP contribution in [0.5, 0.6) is 0 Å². The molecule has 0 radical (unpaired) electrons. The van der Waals surface area contributed by atoms with Crippen molar-refractivity contribution in [2.45, 2.75) is 18.4 Å². The van der Waals surface area contributed by atoms with Crippen LogP contribution in [0, 0.1) is 12.7 Å². The van der Waals surface area contributed by atoms with E-state index in [0.717, 1.165) is 11.1 Å². The number of carbonyl (C=O) groups excluding carboxylic acids is 1. The predicted octanol–water partition coefficient (Wildman–Crippen LogP) is 4.16. The van der Waals surface area contributed by atoms with Crippen molar-refractivity contribution >= 4 is 21.6 Å². The van der Waals surface area contributed by atoms with Gasteiger partial charge in [-0.3, -0.25) is 9.10 Å². The van der Waals surface area contributed by atoms with Crippen LogP contribution in [0.25, 0.3) is 0 Å². The molecule has 0 aliphatic heterocycles. The first-order chi connectivity index (χ1) is 16.1. The van der Waals surface area contributed by atoms with Gasteiger partial charge < -0.3 is 9.80 Å². The Kier molecular flexibility index (Phi) is 8.06. The fourth-order valence-corrected chi connectivity index (χ4v) is 4.65. The van der Waals surface area contributed by atoms with Gasteiger partial charge in [0.25, 0.3) is 15.9 Å². The van der Waals surface area contributed by atoms with Gasteiger partial charge in [-0.15, -0.1) is 0 Å². The average molecular weight is 484 g/mol. The van der Waals surface area contributed by atoms with Crippen molar-refractivity contribution in [3.05, 3.63) is 95.3 Å². The van der Waals surface area contributed by atoms with Crippen molar-refractivity contribution in [1.82, 2.24) is 9.80 Å². The molecular formula is C26H30FN3O3S. The lowest BCUT2D eigenvalue weighted by Crippen LogP contribution is -2.36. The molecule has 34 heavy (non-hydrogen) atoms. The number of halogens is 1. The monoisotopic (exact) mass is 483 g/mol. The van der Waals surface area contributed by atoms with Crippen LogP contribution in [-0.4, -0.2) is 58.4 Å². The van der Waals surface area contributed by atoms with Gasteiger partial charge in [0.15, 0.2) is 0 Å². The number of nitrogens with zero attached hydrogens (tertiary/aromatic N) is 3. The Morgan fingerprint density at radius 1 is 0.882 bits per heavy atom. The Labute approximate surface area is 201 Å². The third kappa shape index (κ3) is 6.21. The first-order valence-corrected chi connectivity index (χ1v) is 12.4. The van der Waals surface area contributed by atoms with Gasteiger partial charge in [0.2, 0.25) is 0 Å². The molecular weight excluding hydrogens is 453 g/mol. The molecule has 8 heteroatoms. The second kappa shape index (κ2) is 10.8. The molecule has 0 unspecified atom stereocenters. The molecule has 0 bridgehead atoms. The van der Waals surface area contributed by atoms with E-state index in [1.54, 1.807) is 41.3 Å². The van der Waals surface area contributed by atoms with Crippen LogP contribution in [0.15, 0.2) is 77.7 Å². The van der Waals surface area contributed by atoms with Gasteiger partial charge >= 0.3 is 0 Å². The molecule has 3 aromatic rings. The Morgan fingerprint density at radius 3 is 2.15 bits per heavy atom. The summed E-state index contributed by atoms with van der Waals surface area (Å²) in [6, 6.07) is 19.3. The first-order valence-electron chi connectivity index (χ1n) is 10.9. The van der Waals surface area contributed by atoms with Crippen LogP contribution in [-0.2, 0) is 16.6 Å². The summed E-state index contributed by atoms with van der Waals surface area (Å²) in [6.07, 6.45) is 0. The number of likely N-dealkylation sites (N-methyl/N-ethyl adjacent to an activating group) is 1. The lowest BCUT2D eigenvalue weighted by Gasteiger charge is -2.25. The zero-order valence-electron chi connectivity index (χ0n) is 19.9. The molecule has 3 aromatic carbocycles. The normalized spacial score (nSPS) is 11.5. The molecule has 3 rings (SSSR count). The smallest absolute Gasteiger partial charge is 0.264 e. The molecule has 6 nitrogen and oxygen atoms in total. The molecule has 0 saturated heterocycles. The van der Waals surface area contributed by atoms with Crippen molar-refractivity contribution in [3.8, 4) is 0 Å². The zero-order chi connectivity index (χ0) is 24.9. The molecule has 0 aliphatic rings. The molecule has 0 aromatic heterocycles. The zero-order valence-corrected chi connectivity index (χ0v) is 20.7. The minimum Gasteiger partial charge on any atom is -0.333 e. The average Bonchev–Trinajstić information content (AvgIpc) is 2.82. The number of benzene rings is 3. The summed E-state index contributed by atoms with van der Waals surface area (Å²) >= 11 is 0. The van der Waals surface area contributed by atoms with E-state index in [9.17, 15) is 17.6 Å². The van der Waals surface area contributed by atoms with E-state index in [1.807, 2.05) is 38.1 Å². The minimum atomic E-state index is -3.86. The van der Waals surface area contributed by atoms with Crippen molar-refractivity contribution in [1.29, 1.82) is 0 Å². The van der Waals surface area contributed by atoms with Crippen LogP contribution in [0.3, 0.4) is 0 Å². The summed E-state index contributed by atoms with van der Waals surface area (Å²) in [5.41, 5.74) is 2.63. The van der Waals surface area contributed by atoms with E-state index < -0.39 is 10.0 Å². The van der Waals surface area contributed by atoms with Gasteiger partial charge in [0, 0.05) is 32.2 Å². The second-order valence-corrected chi connectivity index (χ2v) is 10.5. The maximum atomic E-state index is 13.4. The summed E-state index contributed by atoms with van der Waals surface area (Å²) in [5, 5.41) is 0. The Balaban J connectivity index is 1.89. The van der Waals surface area contributed by atoms with Crippen molar-refractivity contribution < 1.29 is 17.6 Å². The summed E-state index contributed by atoms with van der Waals surface area (Å²) in [6.45, 7) is 3.28. The molecule has 0 spiro atoms. The molecule has 1 amide bonds. The summed E-state index contributed by atoms with van der Waals surface area (Å²) in [7, 11) is 1.45. The highest BCUT2D eigenvalue weighted by Crippen LogP contribution is 2.23. The van der Waals surface area contributed by atoms with Crippen LogP contribution < -0.4 is 4.31 Å². The number of hydrogen-bond donors (Lipinski definition) is 0. The Bertz CT molecular complexity index is 1230. The van der Waals surface area contributed by atoms with E-state index in [1.165, 1.54) is 35.6 Å². The summed E-state index contributed by atoms with van der Waals surface area (Å²) < 4.78 is 41.0. The number of anilines is 1. The van der Waals surface area contributed by atoms with Crippen molar-refractivity contribution in [2.24, 2.45) is 0 Å². The minimum absolute atomic E-state index is 0.0377. The van der Waals surface area contributed by atoms with E-state index >= 15 is 0 Å². The molecule has 0 N–H and O–H groups in total. The molecule has 0 fully saturated rings. The molecule has 0 atom stereocenters. The summed E-state index contributed by atoms with van der Waals surface area (Å²) in [4.78, 5) is 17.1. The highest BCUT2D eigenvalue weighted by molar-refractivity contribution is 7.92. The quantitative estimate of drug-likeness (QED) is 0.459. The molecule has 0 heterocycles. The number of sulfonamides is 1. The van der Waals surface area contributed by atoms with Crippen LogP contribution in [0.4, 0.5) is 10.1 Å². The topological polar surface area (TPSA) is 60.9 Å². The third-order valence-electron chi connectivity index (χ3n) is 5.53. The Hall–Kier alpha value is -3.23. The van der Waals surface area contributed by atoms with E-state index in [0.29, 0.717) is 18.8 Å². The van der Waals surface area contributed by atoms with Gasteiger partial charge in [-0.25, -0.2) is 12.8 Å². The van der Waals surface area contributed by atoms with E-state index in [-0.39, 0.29) is 28.7 Å². The first kappa shape index (κ1) is 25.4. The lowest BCUT2D eigenvalue weighted by molar-refractivity contribution is 0.0731. The SMILES string of the molecule is Cc1ccc(N(C)S(=O)(=O)c2cccc(C(=O)N(CCN(C)C)Cc3ccc(F)cc3)c2)cc1. The molecule has 0 aliphatic carbocycles. The highest BCUT2D eigenvalue weighted by atomic mass is 32.2. The van der Waals surface area contributed by atoms with Gasteiger partial charge in [-0.2, -0.15) is 0 Å². The predicted molar refractivity (Wildman–Crippen MR) is 133 cm³/mol. The van der Waals surface area contributed by atoms with Gasteiger partial charge in [-0.05, 0) is 69.0 Å². The number of rotatable bonds is 9. The summed E-state index contributed by atoms with van der Waals surface area (Å²) in [5.74, 6) is -0.633. The second-order valence-electron chi connectivity index (χ2n) is 8.49. The maximum absolute atomic E-state index is 13.4. The fraction of sp³-hybridized carbons (Fsp3) is 0.269. The van der Waals surface area contributed by atoms with Crippen LogP contribution in [0.1, 0.15) is 21.5 Å². The van der Waals surface area contributed by atoms with E-state index in [4.69, 9.17) is 0 Å². The highest BCUT2D eigenvalue weighted by Gasteiger charge is 2.24. The maximum Gasteiger partial charge on any atom is 0.264 e. The number of carbonyl (C=O) groups is 1. The van der Waals surface area contributed by atoms with Gasteiger partial charge in [0.1, 0.15) is 5.82 Å². The third-order valence-corrected chi connectivity index (χ3v) is 7.31. The largest absolute Gasteiger partial charge is 0.333 e. The van der Waals surface area contributed by atoms with Gasteiger partial charge in [-0.1, -0.05) is 35.9 Å². The van der Waals surface area contributed by atoms with Crippen LogP contribution >= 0.6 is 0 Å². The van der Waals surface area contributed by atoms with Gasteiger partial charge in [0.05, 0.1) is 10.6 Å². The van der Waals surface area contributed by atoms with Crippen molar-refractivity contribution in [2.75, 3.05) is 38.5 Å². The number of aryl methyl sites for hydroxylation is 1. The number of amides is 1. The van der Waals surface area contributed by atoms with Crippen molar-refractivity contribution in [3.63, 3.8) is 0 Å². The molecule has 0 saturated carbocycles. The van der Waals surface area contributed by atoms with E-state index in [2.05, 4.69) is 0 Å². The standard InChI is InChI=1S/C26H30FN3O3S/c1-20-8-14-24(15-9-20)29(4)34(32,33)25-7-5-6-22(18-25)26(31)30(17-16-28(2)3)19-21-10-12-23(27)13-11-21/h5-15,18H,16-17,19H2,1-4H3. The molecule has 180 valence electrons. The fourth-order valence-electron chi connectivity index (χ4n) is 3.41. The van der Waals surface area contributed by atoms with Crippen LogP contribution in [0.2, 0.25) is 0 Å². The number of hydrogen-bond acceptors (Lipinski definition) is 4. The Morgan fingerprint density at radius 2 is 1.53 bits per heavy atom. The lowest BCUT2D eigenvalue weighted by atomic mass is 10.1.